The Morgan fingerprint density at radius 3 is 2.27 bits per heavy atom. The molecule has 5 aliphatic rings. The number of hydrogen-bond acceptors (Lipinski definition) is 2. The zero-order chi connectivity index (χ0) is 24.2. The van der Waals surface area contributed by atoms with Gasteiger partial charge in [0.05, 0.1) is 11.0 Å². The van der Waals surface area contributed by atoms with Gasteiger partial charge in [0.25, 0.3) is 0 Å². The number of allylic oxidation sites excluding steroid dienone is 2. The molecule has 0 aromatic carbocycles. The summed E-state index contributed by atoms with van der Waals surface area (Å²) in [5.74, 6) is 1.69. The first-order valence-electron chi connectivity index (χ1n) is 13.9. The highest BCUT2D eigenvalue weighted by Crippen LogP contribution is 2.76. The lowest BCUT2D eigenvalue weighted by Gasteiger charge is -2.73. The minimum atomic E-state index is -1.13. The standard InChI is InChI=1S/C30H48O3/c1-19-11-14-25(3)15-16-26(4)21(23(25)20(19)2)9-10-22-27(26,5)17-18-30(33)28(22,6)12-8-13-29(30,7)24(31)32/h9,19-20,22-23,33H,8,10-18H2,1-7H3,(H,31,32)/t19-,20+,22+,23+,25-,26-,27-,28-,29?,30?/m1/s1. The van der Waals surface area contributed by atoms with Crippen molar-refractivity contribution in [1.82, 2.24) is 0 Å². The van der Waals surface area contributed by atoms with E-state index in [2.05, 4.69) is 47.6 Å². The summed E-state index contributed by atoms with van der Waals surface area (Å²) < 4.78 is 0. The molecule has 5 aliphatic carbocycles. The molecule has 33 heavy (non-hydrogen) atoms. The van der Waals surface area contributed by atoms with Gasteiger partial charge in [-0.05, 0) is 105 Å². The van der Waals surface area contributed by atoms with Crippen molar-refractivity contribution < 1.29 is 15.0 Å². The van der Waals surface area contributed by atoms with Gasteiger partial charge in [0, 0.05) is 5.41 Å². The van der Waals surface area contributed by atoms with E-state index in [1.807, 2.05) is 6.92 Å². The first-order valence-corrected chi connectivity index (χ1v) is 13.9. The Morgan fingerprint density at radius 2 is 1.61 bits per heavy atom. The summed E-state index contributed by atoms with van der Waals surface area (Å²) in [6.45, 7) is 16.7. The summed E-state index contributed by atoms with van der Waals surface area (Å²) in [6, 6.07) is 0. The monoisotopic (exact) mass is 456 g/mol. The van der Waals surface area contributed by atoms with E-state index in [4.69, 9.17) is 0 Å². The number of carbonyl (C=O) groups is 1. The lowest BCUT2D eigenvalue weighted by Crippen LogP contribution is -2.72. The van der Waals surface area contributed by atoms with E-state index in [0.717, 1.165) is 37.5 Å². The number of rotatable bonds is 1. The molecule has 4 saturated carbocycles. The lowest BCUT2D eigenvalue weighted by atomic mass is 9.32. The minimum absolute atomic E-state index is 0.108. The fraction of sp³-hybridized carbons (Fsp3) is 0.900. The van der Waals surface area contributed by atoms with Crippen molar-refractivity contribution in [2.45, 2.75) is 118 Å². The minimum Gasteiger partial charge on any atom is -0.481 e. The molecule has 0 radical (unpaired) electrons. The van der Waals surface area contributed by atoms with Crippen LogP contribution in [0.3, 0.4) is 0 Å². The summed E-state index contributed by atoms with van der Waals surface area (Å²) in [7, 11) is 0. The Hall–Kier alpha value is -0.830. The fourth-order valence-corrected chi connectivity index (χ4v) is 10.8. The zero-order valence-corrected chi connectivity index (χ0v) is 22.3. The van der Waals surface area contributed by atoms with Gasteiger partial charge in [-0.2, -0.15) is 0 Å². The summed E-state index contributed by atoms with van der Waals surface area (Å²) >= 11 is 0. The Labute approximate surface area is 201 Å². The molecule has 5 rings (SSSR count). The van der Waals surface area contributed by atoms with Gasteiger partial charge >= 0.3 is 5.97 Å². The van der Waals surface area contributed by atoms with Crippen molar-refractivity contribution in [2.75, 3.05) is 0 Å². The van der Waals surface area contributed by atoms with Gasteiger partial charge in [-0.3, -0.25) is 4.79 Å². The van der Waals surface area contributed by atoms with Crippen LogP contribution < -0.4 is 0 Å². The Balaban J connectivity index is 1.62. The predicted molar refractivity (Wildman–Crippen MR) is 133 cm³/mol. The lowest BCUT2D eigenvalue weighted by molar-refractivity contribution is -0.273. The van der Waals surface area contributed by atoms with E-state index in [1.165, 1.54) is 25.7 Å². The van der Waals surface area contributed by atoms with E-state index >= 15 is 0 Å². The predicted octanol–water partition coefficient (Wildman–Crippen LogP) is 7.23. The molecule has 0 aromatic rings. The van der Waals surface area contributed by atoms with Gasteiger partial charge in [0.2, 0.25) is 0 Å². The van der Waals surface area contributed by atoms with Crippen LogP contribution in [0, 0.1) is 50.7 Å². The van der Waals surface area contributed by atoms with Gasteiger partial charge in [0.15, 0.2) is 0 Å². The Morgan fingerprint density at radius 1 is 0.909 bits per heavy atom. The third-order valence-corrected chi connectivity index (χ3v) is 13.6. The quantitative estimate of drug-likeness (QED) is 0.409. The highest BCUT2D eigenvalue weighted by atomic mass is 16.4. The number of fused-ring (bicyclic) bond motifs is 7. The first-order chi connectivity index (χ1) is 15.2. The molecule has 186 valence electrons. The molecule has 0 aromatic heterocycles. The second kappa shape index (κ2) is 6.89. The molecule has 0 amide bonds. The summed E-state index contributed by atoms with van der Waals surface area (Å²) in [4.78, 5) is 12.5. The van der Waals surface area contributed by atoms with E-state index in [9.17, 15) is 15.0 Å². The number of aliphatic hydroxyl groups is 1. The Bertz CT molecular complexity index is 893. The molecule has 0 bridgehead atoms. The van der Waals surface area contributed by atoms with Crippen LogP contribution in [0.15, 0.2) is 11.6 Å². The number of carboxylic acid groups (broad SMARTS) is 1. The SMILES string of the molecule is C[C@H]1[C@H](C)CC[C@]2(C)CC[C@]3(C)C(=CC[C@@H]4[C@@]5(C)CCCC(C)(C(=O)O)C5(O)CC[C@]43C)[C@H]12. The van der Waals surface area contributed by atoms with Crippen molar-refractivity contribution >= 4 is 5.97 Å². The summed E-state index contributed by atoms with van der Waals surface area (Å²) in [5.41, 5.74) is -0.130. The molecule has 0 aliphatic heterocycles. The van der Waals surface area contributed by atoms with Crippen molar-refractivity contribution in [1.29, 1.82) is 0 Å². The van der Waals surface area contributed by atoms with E-state index in [0.29, 0.717) is 30.1 Å². The molecule has 0 spiro atoms. The van der Waals surface area contributed by atoms with Crippen LogP contribution >= 0.6 is 0 Å². The maximum atomic E-state index is 12.5. The smallest absolute Gasteiger partial charge is 0.312 e. The molecule has 3 nitrogen and oxygen atoms in total. The van der Waals surface area contributed by atoms with Gasteiger partial charge in [-0.15, -0.1) is 0 Å². The highest BCUT2D eigenvalue weighted by Gasteiger charge is 2.73. The Kier molecular flexibility index (Phi) is 4.99. The average Bonchev–Trinajstić information content (AvgIpc) is 2.74. The van der Waals surface area contributed by atoms with Crippen molar-refractivity contribution in [2.24, 2.45) is 50.7 Å². The summed E-state index contributed by atoms with van der Waals surface area (Å²) in [5, 5.41) is 22.5. The first kappa shape index (κ1) is 23.9. The third-order valence-electron chi connectivity index (χ3n) is 13.6. The fourth-order valence-electron chi connectivity index (χ4n) is 10.8. The number of hydrogen-bond donors (Lipinski definition) is 2. The molecule has 3 heteroatoms. The highest BCUT2D eigenvalue weighted by molar-refractivity contribution is 5.76. The van der Waals surface area contributed by atoms with Crippen LogP contribution in [-0.4, -0.2) is 21.8 Å². The molecule has 10 atom stereocenters. The van der Waals surface area contributed by atoms with Gasteiger partial charge in [-0.25, -0.2) is 0 Å². The molecule has 4 fully saturated rings. The van der Waals surface area contributed by atoms with Gasteiger partial charge in [-0.1, -0.05) is 59.6 Å². The van der Waals surface area contributed by atoms with Crippen LogP contribution in [0.4, 0.5) is 0 Å². The van der Waals surface area contributed by atoms with Crippen molar-refractivity contribution in [3.8, 4) is 0 Å². The van der Waals surface area contributed by atoms with E-state index in [1.54, 1.807) is 5.57 Å². The molecular weight excluding hydrogens is 408 g/mol. The molecule has 2 unspecified atom stereocenters. The molecule has 0 saturated heterocycles. The summed E-state index contributed by atoms with van der Waals surface area (Å²) in [6.07, 6.45) is 12.9. The largest absolute Gasteiger partial charge is 0.481 e. The van der Waals surface area contributed by atoms with Gasteiger partial charge in [0.1, 0.15) is 0 Å². The molecule has 0 heterocycles. The second-order valence-electron chi connectivity index (χ2n) is 14.5. The van der Waals surface area contributed by atoms with Crippen molar-refractivity contribution in [3.63, 3.8) is 0 Å². The van der Waals surface area contributed by atoms with Crippen LogP contribution in [0.5, 0.6) is 0 Å². The topological polar surface area (TPSA) is 57.5 Å². The number of carboxylic acids is 1. The molecular formula is C30H48O3. The average molecular weight is 457 g/mol. The number of aliphatic carboxylic acids is 1. The maximum Gasteiger partial charge on any atom is 0.312 e. The van der Waals surface area contributed by atoms with Crippen LogP contribution in [0.1, 0.15) is 113 Å². The van der Waals surface area contributed by atoms with Crippen LogP contribution in [0.25, 0.3) is 0 Å². The zero-order valence-electron chi connectivity index (χ0n) is 22.3. The molecule has 2 N–H and O–H groups in total. The normalized spacial score (nSPS) is 58.2. The van der Waals surface area contributed by atoms with E-state index < -0.39 is 17.0 Å². The van der Waals surface area contributed by atoms with Crippen molar-refractivity contribution in [3.05, 3.63) is 11.6 Å². The maximum absolute atomic E-state index is 12.5. The van der Waals surface area contributed by atoms with Gasteiger partial charge < -0.3 is 10.2 Å². The third kappa shape index (κ3) is 2.59. The second-order valence-corrected chi connectivity index (χ2v) is 14.5. The van der Waals surface area contributed by atoms with E-state index in [-0.39, 0.29) is 16.2 Å². The van der Waals surface area contributed by atoms with Crippen LogP contribution in [0.2, 0.25) is 0 Å². The van der Waals surface area contributed by atoms with Crippen LogP contribution in [-0.2, 0) is 4.79 Å².